The highest BCUT2D eigenvalue weighted by Gasteiger charge is 2.47. The Bertz CT molecular complexity index is 1330. The lowest BCUT2D eigenvalue weighted by Gasteiger charge is -2.33. The van der Waals surface area contributed by atoms with Crippen LogP contribution < -0.4 is 0 Å². The van der Waals surface area contributed by atoms with E-state index in [1.807, 2.05) is 30.6 Å². The van der Waals surface area contributed by atoms with Gasteiger partial charge in [0.15, 0.2) is 0 Å². The van der Waals surface area contributed by atoms with Gasteiger partial charge in [0.1, 0.15) is 0 Å². The molecule has 2 heteroatoms. The zero-order chi connectivity index (χ0) is 20.7. The molecule has 0 saturated carbocycles. The van der Waals surface area contributed by atoms with Crippen molar-refractivity contribution in [1.29, 1.82) is 0 Å². The SMILES string of the molecule is c1ccc([C@]2(c3cccc(-c4ccccn4)c3)c3ccccc3-c3cccnc32)cc1. The average molecular weight is 396 g/mol. The molecule has 146 valence electrons. The predicted octanol–water partition coefficient (Wildman–Crippen LogP) is 6.51. The van der Waals surface area contributed by atoms with Crippen molar-refractivity contribution in [3.8, 4) is 22.4 Å². The van der Waals surface area contributed by atoms with E-state index in [1.54, 1.807) is 0 Å². The predicted molar refractivity (Wildman–Crippen MR) is 125 cm³/mol. The van der Waals surface area contributed by atoms with E-state index in [1.165, 1.54) is 27.8 Å². The Hall–Kier alpha value is -4.04. The molecule has 0 radical (unpaired) electrons. The summed E-state index contributed by atoms with van der Waals surface area (Å²) >= 11 is 0. The van der Waals surface area contributed by atoms with Gasteiger partial charge >= 0.3 is 0 Å². The molecule has 0 amide bonds. The second-order valence-electron chi connectivity index (χ2n) is 7.86. The summed E-state index contributed by atoms with van der Waals surface area (Å²) in [7, 11) is 0. The van der Waals surface area contributed by atoms with Crippen LogP contribution in [0.1, 0.15) is 22.4 Å². The molecule has 1 atom stereocenters. The number of aromatic nitrogens is 2. The van der Waals surface area contributed by atoms with Crippen LogP contribution >= 0.6 is 0 Å². The van der Waals surface area contributed by atoms with Crippen molar-refractivity contribution in [3.05, 3.63) is 144 Å². The maximum absolute atomic E-state index is 4.97. The lowest BCUT2D eigenvalue weighted by atomic mass is 9.69. The lowest BCUT2D eigenvalue weighted by Crippen LogP contribution is -2.29. The fourth-order valence-corrected chi connectivity index (χ4v) is 4.98. The van der Waals surface area contributed by atoms with Crippen molar-refractivity contribution >= 4 is 0 Å². The van der Waals surface area contributed by atoms with Gasteiger partial charge in [-0.1, -0.05) is 84.9 Å². The highest BCUT2D eigenvalue weighted by Crippen LogP contribution is 2.55. The third kappa shape index (κ3) is 2.58. The van der Waals surface area contributed by atoms with E-state index in [0.717, 1.165) is 17.0 Å². The van der Waals surface area contributed by atoms with Crippen LogP contribution in [0.25, 0.3) is 22.4 Å². The summed E-state index contributed by atoms with van der Waals surface area (Å²) in [5.41, 5.74) is 8.83. The lowest BCUT2D eigenvalue weighted by molar-refractivity contribution is 0.738. The van der Waals surface area contributed by atoms with E-state index in [2.05, 4.69) is 96.0 Å². The van der Waals surface area contributed by atoms with Gasteiger partial charge in [-0.25, -0.2) is 0 Å². The Morgan fingerprint density at radius 1 is 0.516 bits per heavy atom. The number of hydrogen-bond acceptors (Lipinski definition) is 2. The standard InChI is InChI=1S/C29H20N2/c1-2-11-22(12-3-1)29(23-13-8-10-21(20-23)27-17-6-7-18-30-27)26-16-5-4-14-24(26)25-15-9-19-31-28(25)29/h1-20H/t29-/m0/s1. The van der Waals surface area contributed by atoms with E-state index < -0.39 is 5.41 Å². The fourth-order valence-electron chi connectivity index (χ4n) is 4.98. The minimum Gasteiger partial charge on any atom is -0.259 e. The van der Waals surface area contributed by atoms with Crippen LogP contribution in [0, 0.1) is 0 Å². The second-order valence-corrected chi connectivity index (χ2v) is 7.86. The Kier molecular flexibility index (Phi) is 4.03. The van der Waals surface area contributed by atoms with Crippen LogP contribution in [0.3, 0.4) is 0 Å². The van der Waals surface area contributed by atoms with Gasteiger partial charge in [-0.2, -0.15) is 0 Å². The van der Waals surface area contributed by atoms with Crippen molar-refractivity contribution < 1.29 is 0 Å². The molecule has 0 fully saturated rings. The van der Waals surface area contributed by atoms with E-state index in [0.29, 0.717) is 0 Å². The van der Waals surface area contributed by atoms with Crippen LogP contribution in [0.4, 0.5) is 0 Å². The molecule has 0 saturated heterocycles. The molecule has 6 rings (SSSR count). The summed E-state index contributed by atoms with van der Waals surface area (Å²) in [6.45, 7) is 0. The quantitative estimate of drug-likeness (QED) is 0.341. The van der Waals surface area contributed by atoms with Crippen molar-refractivity contribution in [1.82, 2.24) is 9.97 Å². The van der Waals surface area contributed by atoms with Crippen molar-refractivity contribution in [2.45, 2.75) is 5.41 Å². The van der Waals surface area contributed by atoms with Gasteiger partial charge in [-0.15, -0.1) is 0 Å². The van der Waals surface area contributed by atoms with E-state index in [9.17, 15) is 0 Å². The Morgan fingerprint density at radius 3 is 2.13 bits per heavy atom. The van der Waals surface area contributed by atoms with E-state index in [-0.39, 0.29) is 0 Å². The van der Waals surface area contributed by atoms with Crippen LogP contribution in [0.5, 0.6) is 0 Å². The second kappa shape index (κ2) is 7.03. The first-order valence-corrected chi connectivity index (χ1v) is 10.5. The number of benzene rings is 3. The van der Waals surface area contributed by atoms with Crippen LogP contribution in [-0.2, 0) is 5.41 Å². The van der Waals surface area contributed by atoms with Gasteiger partial charge in [-0.05, 0) is 46.5 Å². The highest BCUT2D eigenvalue weighted by molar-refractivity contribution is 5.85. The number of fused-ring (bicyclic) bond motifs is 3. The maximum atomic E-state index is 4.97. The first-order chi connectivity index (χ1) is 15.4. The molecule has 1 aliphatic carbocycles. The molecule has 0 N–H and O–H groups in total. The Balaban J connectivity index is 1.72. The molecule has 3 aromatic carbocycles. The van der Waals surface area contributed by atoms with Gasteiger partial charge in [-0.3, -0.25) is 9.97 Å². The minimum atomic E-state index is -0.473. The zero-order valence-corrected chi connectivity index (χ0v) is 16.9. The van der Waals surface area contributed by atoms with Gasteiger partial charge in [0.25, 0.3) is 0 Å². The fraction of sp³-hybridized carbons (Fsp3) is 0.0345. The molecule has 1 aliphatic rings. The molecule has 2 nitrogen and oxygen atoms in total. The number of nitrogens with zero attached hydrogens (tertiary/aromatic N) is 2. The molecular weight excluding hydrogens is 376 g/mol. The first kappa shape index (κ1) is 17.8. The largest absolute Gasteiger partial charge is 0.259 e. The third-order valence-electron chi connectivity index (χ3n) is 6.25. The number of hydrogen-bond donors (Lipinski definition) is 0. The summed E-state index contributed by atoms with van der Waals surface area (Å²) in [4.78, 5) is 9.55. The molecule has 0 unspecified atom stereocenters. The summed E-state index contributed by atoms with van der Waals surface area (Å²) in [5, 5.41) is 0. The van der Waals surface area contributed by atoms with Crippen LogP contribution in [-0.4, -0.2) is 9.97 Å². The molecule has 0 bridgehead atoms. The molecule has 2 heterocycles. The van der Waals surface area contributed by atoms with Gasteiger partial charge < -0.3 is 0 Å². The number of pyridine rings is 2. The average Bonchev–Trinajstić information content (AvgIpc) is 3.17. The van der Waals surface area contributed by atoms with E-state index >= 15 is 0 Å². The molecule has 2 aromatic heterocycles. The first-order valence-electron chi connectivity index (χ1n) is 10.5. The maximum Gasteiger partial charge on any atom is 0.0886 e. The van der Waals surface area contributed by atoms with Crippen LogP contribution in [0.15, 0.2) is 122 Å². The third-order valence-corrected chi connectivity index (χ3v) is 6.25. The topological polar surface area (TPSA) is 25.8 Å². The Labute approximate surface area is 181 Å². The zero-order valence-electron chi connectivity index (χ0n) is 16.9. The molecular formula is C29H20N2. The molecule has 5 aromatic rings. The van der Waals surface area contributed by atoms with Gasteiger partial charge in [0.2, 0.25) is 0 Å². The van der Waals surface area contributed by atoms with Crippen molar-refractivity contribution in [2.24, 2.45) is 0 Å². The molecule has 0 aliphatic heterocycles. The van der Waals surface area contributed by atoms with Crippen molar-refractivity contribution in [2.75, 3.05) is 0 Å². The van der Waals surface area contributed by atoms with E-state index in [4.69, 9.17) is 4.98 Å². The van der Waals surface area contributed by atoms with Gasteiger partial charge in [0, 0.05) is 23.5 Å². The van der Waals surface area contributed by atoms with Crippen molar-refractivity contribution in [3.63, 3.8) is 0 Å². The monoisotopic (exact) mass is 396 g/mol. The molecule has 0 spiro atoms. The summed E-state index contributed by atoms with van der Waals surface area (Å²) in [6.07, 6.45) is 3.75. The molecule has 31 heavy (non-hydrogen) atoms. The minimum absolute atomic E-state index is 0.473. The smallest absolute Gasteiger partial charge is 0.0886 e. The summed E-state index contributed by atoms with van der Waals surface area (Å²) in [6, 6.07) is 38.4. The summed E-state index contributed by atoms with van der Waals surface area (Å²) < 4.78 is 0. The normalized spacial score (nSPS) is 16.5. The highest BCUT2D eigenvalue weighted by atomic mass is 14.7. The number of rotatable bonds is 3. The van der Waals surface area contributed by atoms with Gasteiger partial charge in [0.05, 0.1) is 16.8 Å². The Morgan fingerprint density at radius 2 is 1.26 bits per heavy atom. The van der Waals surface area contributed by atoms with Crippen LogP contribution in [0.2, 0.25) is 0 Å². The summed E-state index contributed by atoms with van der Waals surface area (Å²) in [5.74, 6) is 0.